The molecular formula is C15H17O+. The van der Waals surface area contributed by atoms with Crippen molar-refractivity contribution in [3.63, 3.8) is 0 Å². The lowest BCUT2D eigenvalue weighted by atomic mass is 10.0. The number of hydrogen-bond donors (Lipinski definition) is 0. The molecule has 0 bridgehead atoms. The zero-order valence-corrected chi connectivity index (χ0v) is 9.52. The third-order valence-electron chi connectivity index (χ3n) is 2.70. The normalized spacial score (nSPS) is 10.1. The van der Waals surface area contributed by atoms with E-state index in [-0.39, 0.29) is 1.43 Å². The molecule has 2 aromatic carbocycles. The second kappa shape index (κ2) is 5.36. The van der Waals surface area contributed by atoms with Gasteiger partial charge in [0.15, 0.2) is 0 Å². The van der Waals surface area contributed by atoms with Crippen LogP contribution in [0, 0.1) is 0 Å². The maximum Gasteiger partial charge on any atom is 1.00 e. The summed E-state index contributed by atoms with van der Waals surface area (Å²) < 4.78 is 5.13. The molecule has 1 nitrogen and oxygen atoms in total. The number of ether oxygens (including phenoxy) is 1. The number of rotatable bonds is 4. The van der Waals surface area contributed by atoms with Crippen LogP contribution in [-0.4, -0.2) is 7.11 Å². The van der Waals surface area contributed by atoms with Gasteiger partial charge in [0, 0.05) is 0 Å². The molecule has 0 unspecified atom stereocenters. The van der Waals surface area contributed by atoms with Crippen LogP contribution in [0.5, 0.6) is 5.75 Å². The van der Waals surface area contributed by atoms with Gasteiger partial charge in [-0.15, -0.1) is 0 Å². The molecule has 0 radical (unpaired) electrons. The van der Waals surface area contributed by atoms with Gasteiger partial charge in [0.05, 0.1) is 7.11 Å². The predicted molar refractivity (Wildman–Crippen MR) is 68.0 cm³/mol. The van der Waals surface area contributed by atoms with Crippen LogP contribution in [0.25, 0.3) is 0 Å². The third-order valence-corrected chi connectivity index (χ3v) is 2.70. The minimum Gasteiger partial charge on any atom is -0.497 e. The van der Waals surface area contributed by atoms with E-state index in [1.165, 1.54) is 11.1 Å². The molecule has 0 aromatic heterocycles. The van der Waals surface area contributed by atoms with Crippen LogP contribution in [-0.2, 0) is 12.8 Å². The van der Waals surface area contributed by atoms with Crippen LogP contribution in [0.4, 0.5) is 0 Å². The van der Waals surface area contributed by atoms with E-state index in [1.54, 1.807) is 7.11 Å². The van der Waals surface area contributed by atoms with Crippen molar-refractivity contribution in [2.45, 2.75) is 12.8 Å². The first-order valence-electron chi connectivity index (χ1n) is 5.55. The monoisotopic (exact) mass is 213 g/mol. The Hall–Kier alpha value is -1.76. The number of benzene rings is 2. The van der Waals surface area contributed by atoms with E-state index in [4.69, 9.17) is 4.74 Å². The third kappa shape index (κ3) is 2.86. The van der Waals surface area contributed by atoms with Gasteiger partial charge in [-0.2, -0.15) is 0 Å². The number of aryl methyl sites for hydroxylation is 2. The van der Waals surface area contributed by atoms with E-state index in [2.05, 4.69) is 42.5 Å². The highest BCUT2D eigenvalue weighted by molar-refractivity contribution is 5.28. The standard InChI is InChI=1S/C15H16O/c1-16-15-11-9-14(10-12-15)8-7-13-5-3-2-4-6-13/h2-6,9-12H,7-8H2,1H3/p+1. The van der Waals surface area contributed by atoms with Gasteiger partial charge in [0.2, 0.25) is 0 Å². The van der Waals surface area contributed by atoms with Crippen molar-refractivity contribution in [3.8, 4) is 5.75 Å². The molecule has 0 saturated carbocycles. The Bertz CT molecular complexity index is 422. The van der Waals surface area contributed by atoms with Gasteiger partial charge in [-0.3, -0.25) is 0 Å². The summed E-state index contributed by atoms with van der Waals surface area (Å²) in [7, 11) is 1.69. The second-order valence-electron chi connectivity index (χ2n) is 3.83. The van der Waals surface area contributed by atoms with Gasteiger partial charge in [-0.05, 0) is 36.1 Å². The molecule has 2 aromatic rings. The van der Waals surface area contributed by atoms with Gasteiger partial charge in [0.1, 0.15) is 5.75 Å². The van der Waals surface area contributed by atoms with E-state index in [0.29, 0.717) is 0 Å². The average Bonchev–Trinajstić information content (AvgIpc) is 2.38. The summed E-state index contributed by atoms with van der Waals surface area (Å²) in [6, 6.07) is 18.8. The van der Waals surface area contributed by atoms with Crippen LogP contribution in [0.3, 0.4) is 0 Å². The summed E-state index contributed by atoms with van der Waals surface area (Å²) in [5, 5.41) is 0. The van der Waals surface area contributed by atoms with Crippen molar-refractivity contribution in [2.24, 2.45) is 0 Å². The Balaban J connectivity index is 0.00000144. The van der Waals surface area contributed by atoms with Crippen molar-refractivity contribution in [3.05, 3.63) is 65.7 Å². The maximum atomic E-state index is 5.13. The van der Waals surface area contributed by atoms with E-state index >= 15 is 0 Å². The molecule has 0 atom stereocenters. The van der Waals surface area contributed by atoms with Gasteiger partial charge in [0.25, 0.3) is 0 Å². The molecule has 0 N–H and O–H groups in total. The summed E-state index contributed by atoms with van der Waals surface area (Å²) in [6.07, 6.45) is 2.17. The fraction of sp³-hybridized carbons (Fsp3) is 0.200. The molecule has 0 aliphatic heterocycles. The predicted octanol–water partition coefficient (Wildman–Crippen LogP) is 3.59. The minimum absolute atomic E-state index is 0. The molecule has 2 rings (SSSR count). The maximum absolute atomic E-state index is 5.13. The second-order valence-corrected chi connectivity index (χ2v) is 3.83. The van der Waals surface area contributed by atoms with Gasteiger partial charge < -0.3 is 4.74 Å². The van der Waals surface area contributed by atoms with Crippen LogP contribution < -0.4 is 4.74 Å². The fourth-order valence-corrected chi connectivity index (χ4v) is 1.73. The Kier molecular flexibility index (Phi) is 3.60. The Morgan fingerprint density at radius 2 is 1.38 bits per heavy atom. The highest BCUT2D eigenvalue weighted by Crippen LogP contribution is 2.13. The summed E-state index contributed by atoms with van der Waals surface area (Å²) in [4.78, 5) is 0. The quantitative estimate of drug-likeness (QED) is 0.754. The van der Waals surface area contributed by atoms with Crippen molar-refractivity contribution in [1.29, 1.82) is 0 Å². The SMILES string of the molecule is COc1ccc(CCc2ccccc2)cc1.[H+]. The van der Waals surface area contributed by atoms with Crippen LogP contribution in [0.1, 0.15) is 12.6 Å². The van der Waals surface area contributed by atoms with E-state index < -0.39 is 0 Å². The van der Waals surface area contributed by atoms with E-state index in [9.17, 15) is 0 Å². The molecule has 0 saturated heterocycles. The Labute approximate surface area is 98.2 Å². The molecular weight excluding hydrogens is 196 g/mol. The highest BCUT2D eigenvalue weighted by atomic mass is 16.5. The summed E-state index contributed by atoms with van der Waals surface area (Å²) in [5.41, 5.74) is 2.74. The molecule has 0 heterocycles. The molecule has 82 valence electrons. The number of methoxy groups -OCH3 is 1. The molecule has 0 aliphatic carbocycles. The highest BCUT2D eigenvalue weighted by Gasteiger charge is 1.96. The van der Waals surface area contributed by atoms with Crippen LogP contribution in [0.2, 0.25) is 0 Å². The summed E-state index contributed by atoms with van der Waals surface area (Å²) in [5.74, 6) is 0.920. The van der Waals surface area contributed by atoms with Crippen molar-refractivity contribution >= 4 is 0 Å². The smallest absolute Gasteiger partial charge is 0.497 e. The topological polar surface area (TPSA) is 9.23 Å². The molecule has 0 fully saturated rings. The fourth-order valence-electron chi connectivity index (χ4n) is 1.73. The Morgan fingerprint density at radius 3 is 1.94 bits per heavy atom. The molecule has 0 spiro atoms. The van der Waals surface area contributed by atoms with E-state index in [1.807, 2.05) is 12.1 Å². The van der Waals surface area contributed by atoms with Gasteiger partial charge in [-0.1, -0.05) is 42.5 Å². The molecule has 0 amide bonds. The lowest BCUT2D eigenvalue weighted by molar-refractivity contribution is 0.414. The molecule has 1 heteroatoms. The first kappa shape index (κ1) is 10.7. The van der Waals surface area contributed by atoms with Gasteiger partial charge >= 0.3 is 1.43 Å². The molecule has 0 aliphatic rings. The van der Waals surface area contributed by atoms with Gasteiger partial charge in [-0.25, -0.2) is 0 Å². The lowest BCUT2D eigenvalue weighted by Crippen LogP contribution is -1.91. The first-order chi connectivity index (χ1) is 7.88. The summed E-state index contributed by atoms with van der Waals surface area (Å²) >= 11 is 0. The Morgan fingerprint density at radius 1 is 0.812 bits per heavy atom. The zero-order valence-electron chi connectivity index (χ0n) is 10.5. The zero-order chi connectivity index (χ0) is 11.2. The van der Waals surface area contributed by atoms with Crippen molar-refractivity contribution in [2.75, 3.05) is 7.11 Å². The largest absolute Gasteiger partial charge is 1.00 e. The summed E-state index contributed by atoms with van der Waals surface area (Å²) in [6.45, 7) is 0. The molecule has 16 heavy (non-hydrogen) atoms. The van der Waals surface area contributed by atoms with Crippen LogP contribution in [0.15, 0.2) is 54.6 Å². The average molecular weight is 213 g/mol. The first-order valence-corrected chi connectivity index (χ1v) is 5.55. The van der Waals surface area contributed by atoms with E-state index in [0.717, 1.165) is 18.6 Å². The van der Waals surface area contributed by atoms with Crippen molar-refractivity contribution < 1.29 is 6.16 Å². The lowest BCUT2D eigenvalue weighted by Gasteiger charge is -2.03. The minimum atomic E-state index is 0. The number of hydrogen-bond acceptors (Lipinski definition) is 1. The van der Waals surface area contributed by atoms with Crippen molar-refractivity contribution in [1.82, 2.24) is 0 Å². The van der Waals surface area contributed by atoms with Crippen LogP contribution >= 0.6 is 0 Å².